The van der Waals surface area contributed by atoms with Crippen molar-refractivity contribution in [3.05, 3.63) is 35.9 Å². The van der Waals surface area contributed by atoms with Crippen LogP contribution in [0.2, 0.25) is 0 Å². The van der Waals surface area contributed by atoms with Crippen LogP contribution in [0.25, 0.3) is 0 Å². The smallest absolute Gasteiger partial charge is 0.407 e. The third kappa shape index (κ3) is 6.45. The Labute approximate surface area is 113 Å². The molecule has 0 saturated heterocycles. The highest BCUT2D eigenvalue weighted by molar-refractivity contribution is 5.82. The van der Waals surface area contributed by atoms with Gasteiger partial charge in [-0.1, -0.05) is 37.3 Å². The highest BCUT2D eigenvalue weighted by Gasteiger charge is 2.08. The Morgan fingerprint density at radius 3 is 2.58 bits per heavy atom. The molecule has 1 aromatic rings. The maximum absolute atomic E-state index is 11.4. The number of benzene rings is 1. The van der Waals surface area contributed by atoms with Gasteiger partial charge in [0.15, 0.2) is 0 Å². The number of hydrogen-bond acceptors (Lipinski definition) is 3. The zero-order valence-corrected chi connectivity index (χ0v) is 11.3. The van der Waals surface area contributed by atoms with E-state index < -0.39 is 6.09 Å². The second-order valence-electron chi connectivity index (χ2n) is 4.29. The first-order chi connectivity index (χ1) is 9.11. The Morgan fingerprint density at radius 1 is 1.26 bits per heavy atom. The lowest BCUT2D eigenvalue weighted by molar-refractivity contribution is -0.120. The van der Waals surface area contributed by atoms with Gasteiger partial charge in [-0.05, 0) is 18.9 Å². The van der Waals surface area contributed by atoms with E-state index in [1.165, 1.54) is 0 Å². The summed E-state index contributed by atoms with van der Waals surface area (Å²) in [6.45, 7) is 4.01. The van der Waals surface area contributed by atoms with Gasteiger partial charge in [0.25, 0.3) is 0 Å². The lowest BCUT2D eigenvalue weighted by Gasteiger charge is -2.11. The van der Waals surface area contributed by atoms with Gasteiger partial charge >= 0.3 is 6.09 Å². The quantitative estimate of drug-likeness (QED) is 0.823. The molecule has 0 saturated carbocycles. The summed E-state index contributed by atoms with van der Waals surface area (Å²) in [4.78, 5) is 22.8. The van der Waals surface area contributed by atoms with Crippen molar-refractivity contribution in [2.75, 3.05) is 6.54 Å². The second kappa shape index (κ2) is 8.13. The van der Waals surface area contributed by atoms with E-state index in [1.54, 1.807) is 0 Å². The summed E-state index contributed by atoms with van der Waals surface area (Å²) in [5.74, 6) is -0.217. The maximum Gasteiger partial charge on any atom is 0.407 e. The monoisotopic (exact) mass is 264 g/mol. The van der Waals surface area contributed by atoms with E-state index in [0.717, 1.165) is 12.0 Å². The van der Waals surface area contributed by atoms with Gasteiger partial charge < -0.3 is 15.4 Å². The van der Waals surface area contributed by atoms with Crippen LogP contribution < -0.4 is 10.6 Å². The summed E-state index contributed by atoms with van der Waals surface area (Å²) in [6.07, 6.45) is 0.257. The highest BCUT2D eigenvalue weighted by atomic mass is 16.5. The molecule has 2 N–H and O–H groups in total. The second-order valence-corrected chi connectivity index (χ2v) is 4.29. The average molecular weight is 264 g/mol. The van der Waals surface area contributed by atoms with E-state index >= 15 is 0 Å². The van der Waals surface area contributed by atoms with Gasteiger partial charge in [-0.2, -0.15) is 0 Å². The van der Waals surface area contributed by atoms with Crippen molar-refractivity contribution in [3.8, 4) is 0 Å². The minimum atomic E-state index is -0.594. The molecule has 1 rings (SSSR count). The molecular weight excluding hydrogens is 244 g/mol. The molecule has 0 radical (unpaired) electrons. The Hall–Kier alpha value is -2.04. The van der Waals surface area contributed by atoms with Crippen LogP contribution in [0.4, 0.5) is 4.79 Å². The van der Waals surface area contributed by atoms with E-state index in [9.17, 15) is 9.59 Å². The predicted octanol–water partition coefficient (Wildman–Crippen LogP) is 1.83. The Morgan fingerprint density at radius 2 is 1.95 bits per heavy atom. The molecule has 0 unspecified atom stereocenters. The highest BCUT2D eigenvalue weighted by Crippen LogP contribution is 2.00. The van der Waals surface area contributed by atoms with E-state index in [-0.39, 0.29) is 25.1 Å². The van der Waals surface area contributed by atoms with Crippen LogP contribution in [0, 0.1) is 0 Å². The molecule has 0 heterocycles. The molecule has 104 valence electrons. The summed E-state index contributed by atoms with van der Waals surface area (Å²) in [5, 5.41) is 5.16. The van der Waals surface area contributed by atoms with E-state index in [1.807, 2.05) is 44.2 Å². The topological polar surface area (TPSA) is 67.4 Å². The lowest BCUT2D eigenvalue weighted by atomic mass is 10.2. The molecule has 0 aromatic heterocycles. The fourth-order valence-corrected chi connectivity index (χ4v) is 1.35. The lowest BCUT2D eigenvalue weighted by Crippen LogP contribution is -2.40. The predicted molar refractivity (Wildman–Crippen MR) is 72.5 cm³/mol. The van der Waals surface area contributed by atoms with E-state index in [2.05, 4.69) is 10.6 Å². The van der Waals surface area contributed by atoms with E-state index in [4.69, 9.17) is 4.74 Å². The third-order valence-corrected chi connectivity index (χ3v) is 2.63. The first kappa shape index (κ1) is 15.0. The zero-order valence-electron chi connectivity index (χ0n) is 11.3. The van der Waals surface area contributed by atoms with Crippen molar-refractivity contribution < 1.29 is 14.3 Å². The third-order valence-electron chi connectivity index (χ3n) is 2.63. The summed E-state index contributed by atoms with van der Waals surface area (Å²) in [7, 11) is 0. The van der Waals surface area contributed by atoms with Crippen molar-refractivity contribution in [1.29, 1.82) is 0 Å². The minimum Gasteiger partial charge on any atom is -0.445 e. The van der Waals surface area contributed by atoms with Gasteiger partial charge in [0, 0.05) is 6.04 Å². The number of ether oxygens (including phenoxy) is 1. The Balaban J connectivity index is 2.19. The molecule has 5 nitrogen and oxygen atoms in total. The van der Waals surface area contributed by atoms with Crippen molar-refractivity contribution in [2.24, 2.45) is 0 Å². The average Bonchev–Trinajstić information content (AvgIpc) is 2.43. The van der Waals surface area contributed by atoms with Gasteiger partial charge in [0.05, 0.1) is 0 Å². The number of carbonyl (C=O) groups excluding carboxylic acids is 2. The first-order valence-electron chi connectivity index (χ1n) is 6.35. The molecule has 0 fully saturated rings. The molecule has 0 aliphatic rings. The number of carbonyl (C=O) groups is 2. The van der Waals surface area contributed by atoms with Gasteiger partial charge in [0.2, 0.25) is 5.91 Å². The fraction of sp³-hybridized carbons (Fsp3) is 0.429. The van der Waals surface area contributed by atoms with Crippen molar-refractivity contribution in [2.45, 2.75) is 32.9 Å². The van der Waals surface area contributed by atoms with Crippen molar-refractivity contribution in [3.63, 3.8) is 0 Å². The van der Waals surface area contributed by atoms with Crippen LogP contribution in [0.5, 0.6) is 0 Å². The van der Waals surface area contributed by atoms with E-state index in [0.29, 0.717) is 0 Å². The molecule has 0 spiro atoms. The van der Waals surface area contributed by atoms with Crippen LogP contribution in [-0.2, 0) is 16.1 Å². The fourth-order valence-electron chi connectivity index (χ4n) is 1.35. The Bertz CT molecular complexity index is 406. The van der Waals surface area contributed by atoms with Crippen molar-refractivity contribution in [1.82, 2.24) is 10.6 Å². The summed E-state index contributed by atoms with van der Waals surface area (Å²) >= 11 is 0. The largest absolute Gasteiger partial charge is 0.445 e. The van der Waals surface area contributed by atoms with Gasteiger partial charge in [0.1, 0.15) is 13.2 Å². The molecule has 1 atom stereocenters. The van der Waals surface area contributed by atoms with Crippen LogP contribution in [0.1, 0.15) is 25.8 Å². The molecule has 2 amide bonds. The molecule has 0 bridgehead atoms. The number of amides is 2. The first-order valence-corrected chi connectivity index (χ1v) is 6.35. The molecule has 1 aromatic carbocycles. The van der Waals surface area contributed by atoms with Crippen LogP contribution in [0.3, 0.4) is 0 Å². The van der Waals surface area contributed by atoms with Crippen LogP contribution in [-0.4, -0.2) is 24.6 Å². The maximum atomic E-state index is 11.4. The van der Waals surface area contributed by atoms with Crippen LogP contribution in [0.15, 0.2) is 30.3 Å². The molecule has 0 aliphatic carbocycles. The minimum absolute atomic E-state index is 0.0715. The SMILES string of the molecule is CC[C@H](C)NC(=O)CNC(=O)OCc1ccccc1. The zero-order chi connectivity index (χ0) is 14.1. The van der Waals surface area contributed by atoms with Crippen LogP contribution >= 0.6 is 0 Å². The van der Waals surface area contributed by atoms with Crippen molar-refractivity contribution >= 4 is 12.0 Å². The number of rotatable bonds is 6. The standard InChI is InChI=1S/C14H20N2O3/c1-3-11(2)16-13(17)9-15-14(18)19-10-12-7-5-4-6-8-12/h4-8,11H,3,9-10H2,1-2H3,(H,15,18)(H,16,17)/t11-/m0/s1. The summed E-state index contributed by atoms with van der Waals surface area (Å²) in [6, 6.07) is 9.47. The number of nitrogens with one attached hydrogen (secondary N) is 2. The number of alkyl carbamates (subject to hydrolysis) is 1. The summed E-state index contributed by atoms with van der Waals surface area (Å²) < 4.78 is 4.98. The molecular formula is C14H20N2O3. The van der Waals surface area contributed by atoms with Gasteiger partial charge in [-0.25, -0.2) is 4.79 Å². The normalized spacial score (nSPS) is 11.5. The molecule has 19 heavy (non-hydrogen) atoms. The Kier molecular flexibility index (Phi) is 6.43. The van der Waals surface area contributed by atoms with Gasteiger partial charge in [-0.3, -0.25) is 4.79 Å². The van der Waals surface area contributed by atoms with Gasteiger partial charge in [-0.15, -0.1) is 0 Å². The summed E-state index contributed by atoms with van der Waals surface area (Å²) in [5.41, 5.74) is 0.904. The molecule has 5 heteroatoms. The number of hydrogen-bond donors (Lipinski definition) is 2. The molecule has 0 aliphatic heterocycles.